The first-order valence-electron chi connectivity index (χ1n) is 5.57. The van der Waals surface area contributed by atoms with Crippen LogP contribution in [0.4, 0.5) is 15.8 Å². The molecule has 0 atom stereocenters. The lowest BCUT2D eigenvalue weighted by Gasteiger charge is -2.21. The van der Waals surface area contributed by atoms with Gasteiger partial charge in [0.05, 0.1) is 5.69 Å². The van der Waals surface area contributed by atoms with E-state index in [4.69, 9.17) is 5.73 Å². The number of benzene rings is 2. The smallest absolute Gasteiger partial charge is 0.148 e. The molecule has 0 heterocycles. The van der Waals surface area contributed by atoms with Crippen LogP contribution in [0.2, 0.25) is 0 Å². The van der Waals surface area contributed by atoms with Gasteiger partial charge in [-0.25, -0.2) is 4.39 Å². The average molecular weight is 309 g/mol. The molecule has 0 aliphatic heterocycles. The molecule has 0 aliphatic rings. The van der Waals surface area contributed by atoms with Crippen LogP contribution in [0.5, 0.6) is 0 Å². The molecule has 0 saturated carbocycles. The Balaban J connectivity index is 2.22. The molecule has 0 fully saturated rings. The molecule has 0 unspecified atom stereocenters. The van der Waals surface area contributed by atoms with E-state index in [-0.39, 0.29) is 5.82 Å². The molecule has 0 saturated heterocycles. The van der Waals surface area contributed by atoms with E-state index in [1.807, 2.05) is 36.2 Å². The molecule has 0 radical (unpaired) electrons. The molecule has 2 nitrogen and oxygen atoms in total. The highest BCUT2D eigenvalue weighted by Crippen LogP contribution is 2.24. The van der Waals surface area contributed by atoms with Gasteiger partial charge in [-0.15, -0.1) is 0 Å². The summed E-state index contributed by atoms with van der Waals surface area (Å²) in [5, 5.41) is 0. The van der Waals surface area contributed by atoms with E-state index in [1.165, 1.54) is 6.07 Å². The van der Waals surface area contributed by atoms with E-state index in [0.29, 0.717) is 17.9 Å². The number of nitrogens with zero attached hydrogens (tertiary/aromatic N) is 1. The largest absolute Gasteiger partial charge is 0.399 e. The lowest BCUT2D eigenvalue weighted by molar-refractivity contribution is 0.623. The number of nitrogen functional groups attached to an aromatic ring is 1. The summed E-state index contributed by atoms with van der Waals surface area (Å²) in [5.41, 5.74) is 7.62. The van der Waals surface area contributed by atoms with Crippen LogP contribution in [0.25, 0.3) is 0 Å². The molecule has 2 aromatic rings. The van der Waals surface area contributed by atoms with Gasteiger partial charge < -0.3 is 10.6 Å². The Hall–Kier alpha value is -1.55. The summed E-state index contributed by atoms with van der Waals surface area (Å²) >= 11 is 3.49. The van der Waals surface area contributed by atoms with Crippen molar-refractivity contribution in [2.75, 3.05) is 17.7 Å². The van der Waals surface area contributed by atoms with Crippen molar-refractivity contribution in [1.29, 1.82) is 0 Å². The quantitative estimate of drug-likeness (QED) is 0.874. The van der Waals surface area contributed by atoms with E-state index in [2.05, 4.69) is 15.9 Å². The fourth-order valence-corrected chi connectivity index (χ4v) is 2.21. The molecule has 0 spiro atoms. The molecule has 0 aromatic heterocycles. The summed E-state index contributed by atoms with van der Waals surface area (Å²) in [6, 6.07) is 12.6. The van der Waals surface area contributed by atoms with E-state index in [9.17, 15) is 4.39 Å². The second kappa shape index (κ2) is 5.40. The Morgan fingerprint density at radius 1 is 1.22 bits per heavy atom. The van der Waals surface area contributed by atoms with Gasteiger partial charge in [0.15, 0.2) is 0 Å². The van der Waals surface area contributed by atoms with Gasteiger partial charge in [0.1, 0.15) is 5.82 Å². The SMILES string of the molecule is CN(Cc1ccccc1Br)c1ccc(N)cc1F. The van der Waals surface area contributed by atoms with E-state index < -0.39 is 0 Å². The summed E-state index contributed by atoms with van der Waals surface area (Å²) in [6.07, 6.45) is 0. The predicted octanol–water partition coefficient (Wildman–Crippen LogP) is 3.81. The highest BCUT2D eigenvalue weighted by Gasteiger charge is 2.09. The molecule has 2 rings (SSSR count). The van der Waals surface area contributed by atoms with Gasteiger partial charge in [0.2, 0.25) is 0 Å². The highest BCUT2D eigenvalue weighted by atomic mass is 79.9. The first kappa shape index (κ1) is 12.9. The lowest BCUT2D eigenvalue weighted by atomic mass is 10.2. The van der Waals surface area contributed by atoms with Gasteiger partial charge in [-0.3, -0.25) is 0 Å². The molecule has 2 N–H and O–H groups in total. The van der Waals surface area contributed by atoms with E-state index >= 15 is 0 Å². The van der Waals surface area contributed by atoms with Gasteiger partial charge in [-0.2, -0.15) is 0 Å². The zero-order chi connectivity index (χ0) is 13.1. The van der Waals surface area contributed by atoms with Crippen LogP contribution in [-0.2, 0) is 6.54 Å². The van der Waals surface area contributed by atoms with Crippen LogP contribution in [0, 0.1) is 5.82 Å². The van der Waals surface area contributed by atoms with Crippen LogP contribution in [0.3, 0.4) is 0 Å². The molecule has 18 heavy (non-hydrogen) atoms. The van der Waals surface area contributed by atoms with Gasteiger partial charge >= 0.3 is 0 Å². The van der Waals surface area contributed by atoms with Crippen molar-refractivity contribution in [2.45, 2.75) is 6.54 Å². The van der Waals surface area contributed by atoms with Crippen LogP contribution in [-0.4, -0.2) is 7.05 Å². The highest BCUT2D eigenvalue weighted by molar-refractivity contribution is 9.10. The molecule has 0 bridgehead atoms. The molecule has 0 amide bonds. The van der Waals surface area contributed by atoms with Crippen LogP contribution in [0.15, 0.2) is 46.9 Å². The van der Waals surface area contributed by atoms with Gasteiger partial charge in [0, 0.05) is 23.8 Å². The number of hydrogen-bond donors (Lipinski definition) is 1. The topological polar surface area (TPSA) is 29.3 Å². The first-order valence-corrected chi connectivity index (χ1v) is 6.37. The lowest BCUT2D eigenvalue weighted by Crippen LogP contribution is -2.18. The molecule has 0 aliphatic carbocycles. The summed E-state index contributed by atoms with van der Waals surface area (Å²) in [7, 11) is 1.86. The minimum Gasteiger partial charge on any atom is -0.399 e. The van der Waals surface area contributed by atoms with Crippen molar-refractivity contribution >= 4 is 27.3 Å². The van der Waals surface area contributed by atoms with Crippen molar-refractivity contribution < 1.29 is 4.39 Å². The predicted molar refractivity (Wildman–Crippen MR) is 77.1 cm³/mol. The van der Waals surface area contributed by atoms with Crippen LogP contribution in [0.1, 0.15) is 5.56 Å². The fourth-order valence-electron chi connectivity index (χ4n) is 1.80. The number of halogens is 2. The third-order valence-electron chi connectivity index (χ3n) is 2.75. The first-order chi connectivity index (χ1) is 8.58. The Morgan fingerprint density at radius 3 is 2.61 bits per heavy atom. The zero-order valence-electron chi connectivity index (χ0n) is 10.0. The average Bonchev–Trinajstić information content (AvgIpc) is 2.32. The minimum atomic E-state index is -0.301. The maximum absolute atomic E-state index is 13.8. The van der Waals surface area contributed by atoms with Crippen molar-refractivity contribution in [3.8, 4) is 0 Å². The monoisotopic (exact) mass is 308 g/mol. The summed E-state index contributed by atoms with van der Waals surface area (Å²) < 4.78 is 14.8. The van der Waals surface area contributed by atoms with Crippen molar-refractivity contribution in [1.82, 2.24) is 0 Å². The number of anilines is 2. The summed E-state index contributed by atoms with van der Waals surface area (Å²) in [6.45, 7) is 0.627. The Morgan fingerprint density at radius 2 is 1.94 bits per heavy atom. The molecule has 4 heteroatoms. The third-order valence-corrected chi connectivity index (χ3v) is 3.52. The van der Waals surface area contributed by atoms with Crippen molar-refractivity contribution in [2.24, 2.45) is 0 Å². The zero-order valence-corrected chi connectivity index (χ0v) is 11.6. The van der Waals surface area contributed by atoms with Gasteiger partial charge in [-0.05, 0) is 29.8 Å². The Labute approximate surface area is 114 Å². The molecular weight excluding hydrogens is 295 g/mol. The normalized spacial score (nSPS) is 10.4. The van der Waals surface area contributed by atoms with E-state index in [1.54, 1.807) is 12.1 Å². The standard InChI is InChI=1S/C14H14BrFN2/c1-18(9-10-4-2-3-5-12(10)15)14-7-6-11(17)8-13(14)16/h2-8H,9,17H2,1H3. The molecular formula is C14H14BrFN2. The van der Waals surface area contributed by atoms with Gasteiger partial charge in [0.25, 0.3) is 0 Å². The number of nitrogens with two attached hydrogens (primary N) is 1. The minimum absolute atomic E-state index is 0.301. The molecule has 2 aromatic carbocycles. The Bertz CT molecular complexity index is 557. The maximum Gasteiger partial charge on any atom is 0.148 e. The summed E-state index contributed by atoms with van der Waals surface area (Å²) in [5.74, 6) is -0.301. The Kier molecular flexibility index (Phi) is 3.87. The summed E-state index contributed by atoms with van der Waals surface area (Å²) in [4.78, 5) is 1.86. The molecule has 94 valence electrons. The van der Waals surface area contributed by atoms with Crippen molar-refractivity contribution in [3.63, 3.8) is 0 Å². The van der Waals surface area contributed by atoms with E-state index in [0.717, 1.165) is 10.0 Å². The second-order valence-corrected chi connectivity index (χ2v) is 5.01. The van der Waals surface area contributed by atoms with Crippen LogP contribution >= 0.6 is 15.9 Å². The third kappa shape index (κ3) is 2.82. The fraction of sp³-hybridized carbons (Fsp3) is 0.143. The van der Waals surface area contributed by atoms with Gasteiger partial charge in [-0.1, -0.05) is 34.1 Å². The second-order valence-electron chi connectivity index (χ2n) is 4.16. The maximum atomic E-state index is 13.8. The number of hydrogen-bond acceptors (Lipinski definition) is 2. The number of rotatable bonds is 3. The van der Waals surface area contributed by atoms with Crippen molar-refractivity contribution in [3.05, 3.63) is 58.3 Å². The van der Waals surface area contributed by atoms with Crippen LogP contribution < -0.4 is 10.6 Å².